The van der Waals surface area contributed by atoms with Gasteiger partial charge in [0.1, 0.15) is 6.10 Å². The Hall–Kier alpha value is -2.13. The lowest BCUT2D eigenvalue weighted by atomic mass is 9.92. The molecule has 0 aromatic heterocycles. The van der Waals surface area contributed by atoms with Crippen molar-refractivity contribution in [3.63, 3.8) is 0 Å². The van der Waals surface area contributed by atoms with E-state index in [1.165, 1.54) is 0 Å². The summed E-state index contributed by atoms with van der Waals surface area (Å²) in [6.07, 6.45) is 0.151. The van der Waals surface area contributed by atoms with Crippen molar-refractivity contribution in [1.82, 2.24) is 5.32 Å². The van der Waals surface area contributed by atoms with Crippen molar-refractivity contribution in [2.24, 2.45) is 0 Å². The molecule has 3 heteroatoms. The third kappa shape index (κ3) is 2.21. The number of fused-ring (bicyclic) bond motifs is 1. The van der Waals surface area contributed by atoms with E-state index in [2.05, 4.69) is 5.32 Å². The molecule has 1 aliphatic rings. The molecule has 0 saturated carbocycles. The maximum atomic E-state index is 11.9. The van der Waals surface area contributed by atoms with Gasteiger partial charge in [-0.05, 0) is 41.7 Å². The Balaban J connectivity index is 2.01. The van der Waals surface area contributed by atoms with Gasteiger partial charge in [-0.1, -0.05) is 36.4 Å². The topological polar surface area (TPSA) is 49.3 Å². The minimum Gasteiger partial charge on any atom is -0.384 e. The average Bonchev–Trinajstić information content (AvgIpc) is 2.47. The molecule has 1 amide bonds. The third-order valence-electron chi connectivity index (χ3n) is 3.86. The zero-order valence-electron chi connectivity index (χ0n) is 11.4. The summed E-state index contributed by atoms with van der Waals surface area (Å²) >= 11 is 0. The standard InChI is InChI=1S/C17H17NO2/c1-11-4-2-3-5-14(11)16(19)13-7-6-12-8-9-18-17(20)15(12)10-13/h2-7,10,16,19H,8-9H2,1H3,(H,18,20). The van der Waals surface area contributed by atoms with E-state index in [1.807, 2.05) is 43.3 Å². The summed E-state index contributed by atoms with van der Waals surface area (Å²) in [6.45, 7) is 2.66. The molecule has 0 fully saturated rings. The number of benzene rings is 2. The normalized spacial score (nSPS) is 15.4. The zero-order valence-corrected chi connectivity index (χ0v) is 11.4. The summed E-state index contributed by atoms with van der Waals surface area (Å²) in [5.41, 5.74) is 4.41. The number of hydrogen-bond acceptors (Lipinski definition) is 2. The number of carbonyl (C=O) groups is 1. The minimum atomic E-state index is -0.698. The Kier molecular flexibility index (Phi) is 3.28. The van der Waals surface area contributed by atoms with Crippen LogP contribution in [0.15, 0.2) is 42.5 Å². The van der Waals surface area contributed by atoms with Crippen LogP contribution in [0.25, 0.3) is 0 Å². The number of aliphatic hydroxyl groups excluding tert-OH is 1. The third-order valence-corrected chi connectivity index (χ3v) is 3.86. The van der Waals surface area contributed by atoms with Crippen LogP contribution in [0.5, 0.6) is 0 Å². The van der Waals surface area contributed by atoms with Crippen LogP contribution in [-0.4, -0.2) is 17.6 Å². The molecule has 0 radical (unpaired) electrons. The summed E-state index contributed by atoms with van der Waals surface area (Å²) in [5.74, 6) is -0.0508. The fourth-order valence-corrected chi connectivity index (χ4v) is 2.67. The first-order valence-electron chi connectivity index (χ1n) is 6.81. The van der Waals surface area contributed by atoms with Crippen molar-refractivity contribution in [2.75, 3.05) is 6.54 Å². The minimum absolute atomic E-state index is 0.0508. The lowest BCUT2D eigenvalue weighted by molar-refractivity contribution is 0.0945. The Labute approximate surface area is 118 Å². The Morgan fingerprint density at radius 3 is 2.80 bits per heavy atom. The number of carbonyl (C=O) groups excluding carboxylic acids is 1. The number of aliphatic hydroxyl groups is 1. The van der Waals surface area contributed by atoms with E-state index in [9.17, 15) is 9.90 Å². The van der Waals surface area contributed by atoms with Gasteiger partial charge in [-0.3, -0.25) is 4.79 Å². The number of nitrogens with one attached hydrogen (secondary N) is 1. The van der Waals surface area contributed by atoms with E-state index >= 15 is 0 Å². The highest BCUT2D eigenvalue weighted by Gasteiger charge is 2.19. The largest absolute Gasteiger partial charge is 0.384 e. The lowest BCUT2D eigenvalue weighted by Crippen LogP contribution is -2.31. The predicted octanol–water partition coefficient (Wildman–Crippen LogP) is 2.36. The summed E-state index contributed by atoms with van der Waals surface area (Å²) in [5, 5.41) is 13.4. The fraction of sp³-hybridized carbons (Fsp3) is 0.235. The molecule has 3 rings (SSSR count). The first-order valence-corrected chi connectivity index (χ1v) is 6.81. The molecule has 102 valence electrons. The lowest BCUT2D eigenvalue weighted by Gasteiger charge is -2.20. The van der Waals surface area contributed by atoms with Crippen molar-refractivity contribution < 1.29 is 9.90 Å². The molecule has 2 N–H and O–H groups in total. The second-order valence-electron chi connectivity index (χ2n) is 5.18. The molecule has 20 heavy (non-hydrogen) atoms. The van der Waals surface area contributed by atoms with Crippen LogP contribution in [0.3, 0.4) is 0 Å². The van der Waals surface area contributed by atoms with E-state index in [0.717, 1.165) is 28.7 Å². The second-order valence-corrected chi connectivity index (χ2v) is 5.18. The highest BCUT2D eigenvalue weighted by molar-refractivity contribution is 5.96. The van der Waals surface area contributed by atoms with Gasteiger partial charge in [0.25, 0.3) is 5.91 Å². The van der Waals surface area contributed by atoms with Gasteiger partial charge in [-0.25, -0.2) is 0 Å². The summed E-state index contributed by atoms with van der Waals surface area (Å²) in [7, 11) is 0. The average molecular weight is 267 g/mol. The molecule has 2 aromatic rings. The van der Waals surface area contributed by atoms with E-state index < -0.39 is 6.10 Å². The monoisotopic (exact) mass is 267 g/mol. The van der Waals surface area contributed by atoms with Gasteiger partial charge >= 0.3 is 0 Å². The van der Waals surface area contributed by atoms with Crippen LogP contribution < -0.4 is 5.32 Å². The molecule has 1 unspecified atom stereocenters. The molecule has 0 bridgehead atoms. The molecule has 0 spiro atoms. The maximum Gasteiger partial charge on any atom is 0.251 e. The molecule has 0 saturated heterocycles. The molecule has 0 aliphatic carbocycles. The number of rotatable bonds is 2. The maximum absolute atomic E-state index is 11.9. The van der Waals surface area contributed by atoms with E-state index in [-0.39, 0.29) is 5.91 Å². The van der Waals surface area contributed by atoms with Crippen molar-refractivity contribution in [2.45, 2.75) is 19.4 Å². The second kappa shape index (κ2) is 5.10. The summed E-state index contributed by atoms with van der Waals surface area (Å²) in [4.78, 5) is 11.9. The molecular formula is C17H17NO2. The van der Waals surface area contributed by atoms with E-state index in [0.29, 0.717) is 12.1 Å². The van der Waals surface area contributed by atoms with Gasteiger partial charge in [0, 0.05) is 12.1 Å². The first-order chi connectivity index (χ1) is 9.66. The van der Waals surface area contributed by atoms with Crippen molar-refractivity contribution >= 4 is 5.91 Å². The van der Waals surface area contributed by atoms with Crippen molar-refractivity contribution in [3.8, 4) is 0 Å². The predicted molar refractivity (Wildman–Crippen MR) is 77.7 cm³/mol. The summed E-state index contributed by atoms with van der Waals surface area (Å²) in [6, 6.07) is 13.4. The van der Waals surface area contributed by atoms with Gasteiger partial charge in [-0.15, -0.1) is 0 Å². The highest BCUT2D eigenvalue weighted by Crippen LogP contribution is 2.27. The van der Waals surface area contributed by atoms with Gasteiger partial charge < -0.3 is 10.4 Å². The van der Waals surface area contributed by atoms with E-state index in [1.54, 1.807) is 6.07 Å². The van der Waals surface area contributed by atoms with Crippen molar-refractivity contribution in [3.05, 3.63) is 70.3 Å². The van der Waals surface area contributed by atoms with Crippen LogP contribution in [0.2, 0.25) is 0 Å². The van der Waals surface area contributed by atoms with E-state index in [4.69, 9.17) is 0 Å². The molecular weight excluding hydrogens is 250 g/mol. The summed E-state index contributed by atoms with van der Waals surface area (Å²) < 4.78 is 0. The Morgan fingerprint density at radius 2 is 2.00 bits per heavy atom. The highest BCUT2D eigenvalue weighted by atomic mass is 16.3. The molecule has 1 aliphatic heterocycles. The van der Waals surface area contributed by atoms with Crippen LogP contribution in [0.1, 0.15) is 38.7 Å². The van der Waals surface area contributed by atoms with Gasteiger partial charge in [0.2, 0.25) is 0 Å². The molecule has 2 aromatic carbocycles. The van der Waals surface area contributed by atoms with Crippen LogP contribution in [-0.2, 0) is 6.42 Å². The number of hydrogen-bond donors (Lipinski definition) is 2. The van der Waals surface area contributed by atoms with Crippen molar-refractivity contribution in [1.29, 1.82) is 0 Å². The Bertz CT molecular complexity index is 664. The number of amides is 1. The van der Waals surface area contributed by atoms with Crippen LogP contribution in [0.4, 0.5) is 0 Å². The van der Waals surface area contributed by atoms with Gasteiger partial charge in [0.05, 0.1) is 0 Å². The van der Waals surface area contributed by atoms with Crippen LogP contribution >= 0.6 is 0 Å². The molecule has 3 nitrogen and oxygen atoms in total. The SMILES string of the molecule is Cc1ccccc1C(O)c1ccc2c(c1)C(=O)NCC2. The fourth-order valence-electron chi connectivity index (χ4n) is 2.67. The molecule has 1 heterocycles. The quantitative estimate of drug-likeness (QED) is 0.877. The smallest absolute Gasteiger partial charge is 0.251 e. The Morgan fingerprint density at radius 1 is 1.20 bits per heavy atom. The molecule has 1 atom stereocenters. The first kappa shape index (κ1) is 12.9. The number of aryl methyl sites for hydroxylation is 1. The van der Waals surface area contributed by atoms with Gasteiger partial charge in [0.15, 0.2) is 0 Å². The van der Waals surface area contributed by atoms with Gasteiger partial charge in [-0.2, -0.15) is 0 Å². The zero-order chi connectivity index (χ0) is 14.1. The van der Waals surface area contributed by atoms with Crippen LogP contribution in [0, 0.1) is 6.92 Å².